The van der Waals surface area contributed by atoms with E-state index in [0.717, 1.165) is 0 Å². The first-order valence-electron chi connectivity index (χ1n) is 7.22. The van der Waals surface area contributed by atoms with Crippen LogP contribution in [0, 0.1) is 5.92 Å². The second-order valence-corrected chi connectivity index (χ2v) is 8.45. The summed E-state index contributed by atoms with van der Waals surface area (Å²) in [5, 5.41) is 1.76. The summed E-state index contributed by atoms with van der Waals surface area (Å²) in [7, 11) is -3.39. The molecule has 2 aromatic rings. The van der Waals surface area contributed by atoms with Crippen LogP contribution in [0.25, 0.3) is 0 Å². The number of Topliss-reactive ketones (excluding diaryl/α,β-unsaturated/α-hetero) is 1. The van der Waals surface area contributed by atoms with Crippen LogP contribution < -0.4 is 0 Å². The minimum atomic E-state index is -3.39. The van der Waals surface area contributed by atoms with Crippen molar-refractivity contribution in [1.82, 2.24) is 4.31 Å². The lowest BCUT2D eigenvalue weighted by molar-refractivity contribution is 0.0875. The number of benzene rings is 1. The number of thiophene rings is 1. The van der Waals surface area contributed by atoms with Gasteiger partial charge in [0.05, 0.1) is 0 Å². The molecule has 1 aromatic heterocycles. The molecule has 22 heavy (non-hydrogen) atoms. The number of hydrogen-bond acceptors (Lipinski definition) is 4. The Morgan fingerprint density at radius 3 is 2.32 bits per heavy atom. The Bertz CT molecular complexity index is 731. The van der Waals surface area contributed by atoms with Crippen molar-refractivity contribution in [2.24, 2.45) is 5.92 Å². The average Bonchev–Trinajstić information content (AvgIpc) is 3.10. The highest BCUT2D eigenvalue weighted by Crippen LogP contribution is 2.27. The zero-order valence-electron chi connectivity index (χ0n) is 12.0. The first-order valence-corrected chi connectivity index (χ1v) is 9.54. The first-order chi connectivity index (χ1) is 10.6. The fourth-order valence-electron chi connectivity index (χ4n) is 2.73. The van der Waals surface area contributed by atoms with E-state index >= 15 is 0 Å². The van der Waals surface area contributed by atoms with E-state index in [1.807, 2.05) is 30.3 Å². The summed E-state index contributed by atoms with van der Waals surface area (Å²) < 4.78 is 26.8. The van der Waals surface area contributed by atoms with Crippen LogP contribution in [-0.4, -0.2) is 31.6 Å². The molecule has 1 aliphatic rings. The minimum Gasteiger partial charge on any atom is -0.294 e. The number of ketones is 1. The highest BCUT2D eigenvalue weighted by molar-refractivity contribution is 7.91. The Hall–Kier alpha value is -1.50. The van der Waals surface area contributed by atoms with Crippen LogP contribution in [0.1, 0.15) is 23.2 Å². The van der Waals surface area contributed by atoms with Gasteiger partial charge in [-0.2, -0.15) is 4.31 Å². The average molecular weight is 335 g/mol. The fourth-order valence-corrected chi connectivity index (χ4v) is 5.35. The summed E-state index contributed by atoms with van der Waals surface area (Å²) in [5.41, 5.74) is 0.710. The smallest absolute Gasteiger partial charge is 0.252 e. The topological polar surface area (TPSA) is 54.5 Å². The van der Waals surface area contributed by atoms with Crippen LogP contribution in [0.15, 0.2) is 52.1 Å². The van der Waals surface area contributed by atoms with Gasteiger partial charge in [0.25, 0.3) is 10.0 Å². The molecule has 1 saturated heterocycles. The molecular formula is C16H17NO3S2. The van der Waals surface area contributed by atoms with Crippen LogP contribution in [0.5, 0.6) is 0 Å². The third-order valence-electron chi connectivity index (χ3n) is 3.97. The molecule has 0 saturated carbocycles. The molecule has 1 aliphatic heterocycles. The van der Waals surface area contributed by atoms with Crippen LogP contribution in [-0.2, 0) is 10.0 Å². The second-order valence-electron chi connectivity index (χ2n) is 5.34. The summed E-state index contributed by atoms with van der Waals surface area (Å²) in [4.78, 5) is 12.4. The summed E-state index contributed by atoms with van der Waals surface area (Å²) in [6.45, 7) is 0.812. The van der Waals surface area contributed by atoms with E-state index in [0.29, 0.717) is 35.7 Å². The number of rotatable bonds is 4. The van der Waals surface area contributed by atoms with Crippen LogP contribution in [0.4, 0.5) is 0 Å². The van der Waals surface area contributed by atoms with Crippen LogP contribution in [0.3, 0.4) is 0 Å². The van der Waals surface area contributed by atoms with Gasteiger partial charge >= 0.3 is 0 Å². The Kier molecular flexibility index (Phi) is 4.42. The molecule has 0 radical (unpaired) electrons. The van der Waals surface area contributed by atoms with Crippen LogP contribution >= 0.6 is 11.3 Å². The quantitative estimate of drug-likeness (QED) is 0.807. The molecule has 0 unspecified atom stereocenters. The predicted molar refractivity (Wildman–Crippen MR) is 86.6 cm³/mol. The molecule has 0 spiro atoms. The number of hydrogen-bond donors (Lipinski definition) is 0. The standard InChI is InChI=1S/C16H17NO3S2/c18-16(13-5-2-1-3-6-13)14-8-10-17(11-9-14)22(19,20)15-7-4-12-21-15/h1-7,12,14H,8-11H2. The molecule has 0 aliphatic carbocycles. The minimum absolute atomic E-state index is 0.0859. The summed E-state index contributed by atoms with van der Waals surface area (Å²) >= 11 is 1.23. The predicted octanol–water partition coefficient (Wildman–Crippen LogP) is 3.03. The van der Waals surface area contributed by atoms with Gasteiger partial charge in [-0.05, 0) is 24.3 Å². The number of sulfonamides is 1. The van der Waals surface area contributed by atoms with Gasteiger partial charge in [0.1, 0.15) is 4.21 Å². The first kappa shape index (κ1) is 15.4. The van der Waals surface area contributed by atoms with Gasteiger partial charge in [-0.1, -0.05) is 36.4 Å². The number of piperidine rings is 1. The lowest BCUT2D eigenvalue weighted by Gasteiger charge is -2.30. The van der Waals surface area contributed by atoms with Crippen molar-refractivity contribution >= 4 is 27.1 Å². The molecule has 0 amide bonds. The van der Waals surface area contributed by atoms with E-state index in [9.17, 15) is 13.2 Å². The molecule has 1 fully saturated rings. The SMILES string of the molecule is O=C(c1ccccc1)C1CCN(S(=O)(=O)c2cccs2)CC1. The van der Waals surface area contributed by atoms with E-state index < -0.39 is 10.0 Å². The van der Waals surface area contributed by atoms with Crippen molar-refractivity contribution in [3.8, 4) is 0 Å². The van der Waals surface area contributed by atoms with E-state index in [1.165, 1.54) is 15.6 Å². The Morgan fingerprint density at radius 1 is 1.05 bits per heavy atom. The van der Waals surface area contributed by atoms with E-state index in [4.69, 9.17) is 0 Å². The molecule has 1 aromatic carbocycles. The van der Waals surface area contributed by atoms with Crippen molar-refractivity contribution in [3.63, 3.8) is 0 Å². The zero-order valence-corrected chi connectivity index (χ0v) is 13.6. The number of carbonyl (C=O) groups is 1. The maximum Gasteiger partial charge on any atom is 0.252 e. The lowest BCUT2D eigenvalue weighted by Crippen LogP contribution is -2.40. The molecule has 3 rings (SSSR count). The molecule has 2 heterocycles. The molecule has 116 valence electrons. The second kappa shape index (κ2) is 6.32. The van der Waals surface area contributed by atoms with Gasteiger partial charge in [0, 0.05) is 24.6 Å². The molecule has 0 bridgehead atoms. The van der Waals surface area contributed by atoms with E-state index in [1.54, 1.807) is 17.5 Å². The van der Waals surface area contributed by atoms with Crippen molar-refractivity contribution in [3.05, 3.63) is 53.4 Å². The Morgan fingerprint density at radius 2 is 1.73 bits per heavy atom. The van der Waals surface area contributed by atoms with Gasteiger partial charge in [-0.15, -0.1) is 11.3 Å². The monoisotopic (exact) mass is 335 g/mol. The number of nitrogens with zero attached hydrogens (tertiary/aromatic N) is 1. The highest BCUT2D eigenvalue weighted by atomic mass is 32.2. The van der Waals surface area contributed by atoms with Gasteiger partial charge in [-0.3, -0.25) is 4.79 Å². The third kappa shape index (κ3) is 2.99. The fraction of sp³-hybridized carbons (Fsp3) is 0.312. The highest BCUT2D eigenvalue weighted by Gasteiger charge is 2.32. The van der Waals surface area contributed by atoms with Gasteiger partial charge < -0.3 is 0 Å². The normalized spacial score (nSPS) is 17.5. The van der Waals surface area contributed by atoms with E-state index in [2.05, 4.69) is 0 Å². The van der Waals surface area contributed by atoms with Crippen LogP contribution in [0.2, 0.25) is 0 Å². The Labute approximate surface area is 134 Å². The third-order valence-corrected chi connectivity index (χ3v) is 7.24. The molecular weight excluding hydrogens is 318 g/mol. The molecule has 4 nitrogen and oxygen atoms in total. The molecule has 0 atom stereocenters. The van der Waals surface area contributed by atoms with Gasteiger partial charge in [0.15, 0.2) is 5.78 Å². The van der Waals surface area contributed by atoms with Gasteiger partial charge in [-0.25, -0.2) is 8.42 Å². The Balaban J connectivity index is 1.67. The van der Waals surface area contributed by atoms with E-state index in [-0.39, 0.29) is 11.7 Å². The van der Waals surface area contributed by atoms with Crippen molar-refractivity contribution in [2.45, 2.75) is 17.1 Å². The molecule has 6 heteroatoms. The van der Waals surface area contributed by atoms with Crippen molar-refractivity contribution in [2.75, 3.05) is 13.1 Å². The van der Waals surface area contributed by atoms with Gasteiger partial charge in [0.2, 0.25) is 0 Å². The number of carbonyl (C=O) groups excluding carboxylic acids is 1. The maximum absolute atomic E-state index is 12.4. The largest absolute Gasteiger partial charge is 0.294 e. The zero-order chi connectivity index (χ0) is 15.6. The maximum atomic E-state index is 12.4. The molecule has 0 N–H and O–H groups in total. The lowest BCUT2D eigenvalue weighted by atomic mass is 9.90. The summed E-state index contributed by atoms with van der Waals surface area (Å²) in [6.07, 6.45) is 1.16. The van der Waals surface area contributed by atoms with Crippen molar-refractivity contribution in [1.29, 1.82) is 0 Å². The summed E-state index contributed by atoms with van der Waals surface area (Å²) in [5.74, 6) is 0.0333. The summed E-state index contributed by atoms with van der Waals surface area (Å²) in [6, 6.07) is 12.6. The van der Waals surface area contributed by atoms with Crippen molar-refractivity contribution < 1.29 is 13.2 Å².